The molecule has 0 radical (unpaired) electrons. The fourth-order valence-electron chi connectivity index (χ4n) is 2.74. The number of nitrogens with one attached hydrogen (secondary N) is 1. The standard InChI is InChI=1S/C18H33N3O2/c1-7-10-13-21(6)18(5,9-3)11-12-19-17(22)16-14(4)15(8-2)23-20-16/h7-13H2,1-6H3,(H,19,22). The number of rotatable bonds is 10. The largest absolute Gasteiger partial charge is 0.360 e. The highest BCUT2D eigenvalue weighted by molar-refractivity contribution is 5.93. The van der Waals surface area contributed by atoms with Crippen molar-refractivity contribution in [3.63, 3.8) is 0 Å². The van der Waals surface area contributed by atoms with Crippen molar-refractivity contribution in [2.45, 2.75) is 72.3 Å². The van der Waals surface area contributed by atoms with Crippen molar-refractivity contribution in [2.24, 2.45) is 0 Å². The fraction of sp³-hybridized carbons (Fsp3) is 0.778. The molecule has 5 heteroatoms. The van der Waals surface area contributed by atoms with Gasteiger partial charge >= 0.3 is 0 Å². The van der Waals surface area contributed by atoms with Crippen LogP contribution >= 0.6 is 0 Å². The molecule has 0 aliphatic rings. The molecule has 23 heavy (non-hydrogen) atoms. The number of unbranched alkanes of at least 4 members (excludes halogenated alkanes) is 1. The van der Waals surface area contributed by atoms with E-state index in [0.29, 0.717) is 12.2 Å². The van der Waals surface area contributed by atoms with Gasteiger partial charge in [0.25, 0.3) is 5.91 Å². The summed E-state index contributed by atoms with van der Waals surface area (Å²) >= 11 is 0. The molecule has 0 spiro atoms. The van der Waals surface area contributed by atoms with Crippen molar-refractivity contribution in [2.75, 3.05) is 20.1 Å². The monoisotopic (exact) mass is 323 g/mol. The molecular formula is C18H33N3O2. The van der Waals surface area contributed by atoms with Gasteiger partial charge in [-0.05, 0) is 46.7 Å². The van der Waals surface area contributed by atoms with E-state index in [1.807, 2.05) is 13.8 Å². The maximum absolute atomic E-state index is 12.3. The predicted molar refractivity (Wildman–Crippen MR) is 93.8 cm³/mol. The SMILES string of the molecule is CCCCN(C)C(C)(CC)CCNC(=O)c1noc(CC)c1C. The molecule has 1 heterocycles. The lowest BCUT2D eigenvalue weighted by Crippen LogP contribution is -2.46. The van der Waals surface area contributed by atoms with E-state index in [-0.39, 0.29) is 11.4 Å². The Morgan fingerprint density at radius 2 is 2.04 bits per heavy atom. The molecule has 1 amide bonds. The van der Waals surface area contributed by atoms with Crippen LogP contribution in [-0.2, 0) is 6.42 Å². The number of carbonyl (C=O) groups is 1. The molecule has 1 rings (SSSR count). The van der Waals surface area contributed by atoms with Gasteiger partial charge in [0.15, 0.2) is 5.69 Å². The van der Waals surface area contributed by atoms with Crippen molar-refractivity contribution in [3.8, 4) is 0 Å². The molecule has 0 fully saturated rings. The van der Waals surface area contributed by atoms with Crippen LogP contribution in [0.1, 0.15) is 75.2 Å². The first kappa shape index (κ1) is 19.7. The topological polar surface area (TPSA) is 58.4 Å². The van der Waals surface area contributed by atoms with Crippen molar-refractivity contribution >= 4 is 5.91 Å². The molecule has 1 aromatic rings. The molecule has 0 bridgehead atoms. The zero-order valence-electron chi connectivity index (χ0n) is 15.7. The van der Waals surface area contributed by atoms with Crippen LogP contribution in [0.25, 0.3) is 0 Å². The van der Waals surface area contributed by atoms with Crippen LogP contribution in [0, 0.1) is 6.92 Å². The predicted octanol–water partition coefficient (Wildman–Crippen LogP) is 3.57. The summed E-state index contributed by atoms with van der Waals surface area (Å²) in [6, 6.07) is 0. The normalized spacial score (nSPS) is 14.0. The number of aromatic nitrogens is 1. The van der Waals surface area contributed by atoms with Crippen LogP contribution in [0.3, 0.4) is 0 Å². The van der Waals surface area contributed by atoms with Crippen LogP contribution in [-0.4, -0.2) is 41.6 Å². The van der Waals surface area contributed by atoms with Crippen LogP contribution < -0.4 is 5.32 Å². The Morgan fingerprint density at radius 1 is 1.35 bits per heavy atom. The molecule has 0 aliphatic carbocycles. The highest BCUT2D eigenvalue weighted by Gasteiger charge is 2.27. The van der Waals surface area contributed by atoms with Gasteiger partial charge in [-0.25, -0.2) is 0 Å². The molecule has 132 valence electrons. The molecular weight excluding hydrogens is 290 g/mol. The summed E-state index contributed by atoms with van der Waals surface area (Å²) in [6.45, 7) is 12.3. The molecule has 5 nitrogen and oxygen atoms in total. The number of hydrogen-bond donors (Lipinski definition) is 1. The average molecular weight is 323 g/mol. The Labute approximate surface area is 140 Å². The summed E-state index contributed by atoms with van der Waals surface area (Å²) in [7, 11) is 2.18. The van der Waals surface area contributed by atoms with Gasteiger partial charge < -0.3 is 14.7 Å². The fourth-order valence-corrected chi connectivity index (χ4v) is 2.74. The first-order valence-electron chi connectivity index (χ1n) is 8.84. The van der Waals surface area contributed by atoms with Gasteiger partial charge in [-0.15, -0.1) is 0 Å². The smallest absolute Gasteiger partial charge is 0.273 e. The molecule has 1 atom stereocenters. The maximum atomic E-state index is 12.3. The van der Waals surface area contributed by atoms with Crippen molar-refractivity contribution in [1.29, 1.82) is 0 Å². The summed E-state index contributed by atoms with van der Waals surface area (Å²) in [5.74, 6) is 0.647. The minimum Gasteiger partial charge on any atom is -0.360 e. The Hall–Kier alpha value is -1.36. The number of hydrogen-bond acceptors (Lipinski definition) is 4. The lowest BCUT2D eigenvalue weighted by Gasteiger charge is -2.38. The second kappa shape index (κ2) is 9.06. The lowest BCUT2D eigenvalue weighted by atomic mass is 9.92. The van der Waals surface area contributed by atoms with E-state index in [2.05, 4.69) is 43.2 Å². The van der Waals surface area contributed by atoms with Gasteiger partial charge in [0, 0.05) is 24.1 Å². The molecule has 1 N–H and O–H groups in total. The third-order valence-corrected chi connectivity index (χ3v) is 5.04. The van der Waals surface area contributed by atoms with E-state index in [9.17, 15) is 4.79 Å². The molecule has 1 unspecified atom stereocenters. The third-order valence-electron chi connectivity index (χ3n) is 5.04. The first-order chi connectivity index (χ1) is 10.9. The summed E-state index contributed by atoms with van der Waals surface area (Å²) < 4.78 is 5.20. The van der Waals surface area contributed by atoms with E-state index in [1.165, 1.54) is 12.8 Å². The first-order valence-corrected chi connectivity index (χ1v) is 8.84. The minimum absolute atomic E-state index is 0.107. The Kier molecular flexibility index (Phi) is 7.76. The Balaban J connectivity index is 2.56. The van der Waals surface area contributed by atoms with E-state index in [1.54, 1.807) is 0 Å². The Bertz CT molecular complexity index is 498. The van der Waals surface area contributed by atoms with Gasteiger partial charge in [0.1, 0.15) is 5.76 Å². The van der Waals surface area contributed by atoms with Gasteiger partial charge in [0.2, 0.25) is 0 Å². The van der Waals surface area contributed by atoms with E-state index in [4.69, 9.17) is 4.52 Å². The number of carbonyl (C=O) groups excluding carboxylic acids is 1. The van der Waals surface area contributed by atoms with Crippen LogP contribution in [0.2, 0.25) is 0 Å². The molecule has 1 aromatic heterocycles. The minimum atomic E-state index is -0.138. The molecule has 0 aliphatic heterocycles. The lowest BCUT2D eigenvalue weighted by molar-refractivity contribution is 0.0912. The van der Waals surface area contributed by atoms with E-state index in [0.717, 1.165) is 37.1 Å². The second-order valence-corrected chi connectivity index (χ2v) is 6.56. The van der Waals surface area contributed by atoms with Crippen LogP contribution in [0.5, 0.6) is 0 Å². The quantitative estimate of drug-likeness (QED) is 0.715. The molecule has 0 saturated heterocycles. The van der Waals surface area contributed by atoms with Crippen molar-refractivity contribution in [3.05, 3.63) is 17.0 Å². The van der Waals surface area contributed by atoms with Gasteiger partial charge in [-0.1, -0.05) is 32.3 Å². The second-order valence-electron chi connectivity index (χ2n) is 6.56. The van der Waals surface area contributed by atoms with Gasteiger partial charge in [-0.3, -0.25) is 4.79 Å². The van der Waals surface area contributed by atoms with Gasteiger partial charge in [0.05, 0.1) is 0 Å². The number of aryl methyl sites for hydroxylation is 1. The summed E-state index contributed by atoms with van der Waals surface area (Å²) in [5, 5.41) is 6.89. The van der Waals surface area contributed by atoms with Crippen molar-refractivity contribution < 1.29 is 9.32 Å². The van der Waals surface area contributed by atoms with Gasteiger partial charge in [-0.2, -0.15) is 0 Å². The summed E-state index contributed by atoms with van der Waals surface area (Å²) in [4.78, 5) is 14.7. The summed E-state index contributed by atoms with van der Waals surface area (Å²) in [6.07, 6.45) is 5.14. The highest BCUT2D eigenvalue weighted by atomic mass is 16.5. The maximum Gasteiger partial charge on any atom is 0.273 e. The highest BCUT2D eigenvalue weighted by Crippen LogP contribution is 2.22. The Morgan fingerprint density at radius 3 is 2.57 bits per heavy atom. The van der Waals surface area contributed by atoms with Crippen LogP contribution in [0.4, 0.5) is 0 Å². The molecule has 0 aromatic carbocycles. The number of nitrogens with zero attached hydrogens (tertiary/aromatic N) is 2. The zero-order valence-corrected chi connectivity index (χ0v) is 15.7. The average Bonchev–Trinajstić information content (AvgIpc) is 2.92. The third kappa shape index (κ3) is 5.06. The number of amides is 1. The van der Waals surface area contributed by atoms with Crippen molar-refractivity contribution in [1.82, 2.24) is 15.4 Å². The zero-order chi connectivity index (χ0) is 17.5. The van der Waals surface area contributed by atoms with E-state index >= 15 is 0 Å². The van der Waals surface area contributed by atoms with E-state index < -0.39 is 0 Å². The summed E-state index contributed by atoms with van der Waals surface area (Å²) in [5.41, 5.74) is 1.37. The molecule has 0 saturated carbocycles. The van der Waals surface area contributed by atoms with Crippen LogP contribution in [0.15, 0.2) is 4.52 Å².